The summed E-state index contributed by atoms with van der Waals surface area (Å²) < 4.78 is 10.3. The lowest BCUT2D eigenvalue weighted by Gasteiger charge is -2.34. The van der Waals surface area contributed by atoms with Crippen LogP contribution in [-0.2, 0) is 16.0 Å². The molecule has 0 saturated carbocycles. The minimum absolute atomic E-state index is 0.370. The van der Waals surface area contributed by atoms with Gasteiger partial charge in [0.1, 0.15) is 0 Å². The molecule has 0 bridgehead atoms. The average molecular weight is 348 g/mol. The molecule has 0 unspecified atom stereocenters. The van der Waals surface area contributed by atoms with Crippen LogP contribution in [0, 0.1) is 0 Å². The van der Waals surface area contributed by atoms with Crippen LogP contribution in [-0.4, -0.2) is 56.9 Å². The van der Waals surface area contributed by atoms with E-state index in [1.54, 1.807) is 7.05 Å². The molecule has 0 aromatic heterocycles. The molecular weight excluding hydrogens is 320 g/mol. The van der Waals surface area contributed by atoms with Gasteiger partial charge in [0.15, 0.2) is 5.96 Å². The zero-order valence-corrected chi connectivity index (χ0v) is 15.2. The second-order valence-corrected chi connectivity index (χ2v) is 5.86. The van der Waals surface area contributed by atoms with Gasteiger partial charge in [0, 0.05) is 39.0 Å². The summed E-state index contributed by atoms with van der Waals surface area (Å²) in [6.07, 6.45) is 1.96. The molecule has 1 saturated heterocycles. The van der Waals surface area contributed by atoms with E-state index >= 15 is 0 Å². The van der Waals surface area contributed by atoms with Gasteiger partial charge >= 0.3 is 6.09 Å². The van der Waals surface area contributed by atoms with Gasteiger partial charge in [-0.3, -0.25) is 10.3 Å². The van der Waals surface area contributed by atoms with Gasteiger partial charge in [0.05, 0.1) is 13.2 Å². The van der Waals surface area contributed by atoms with Crippen molar-refractivity contribution in [1.82, 2.24) is 10.2 Å². The van der Waals surface area contributed by atoms with Crippen LogP contribution in [0.5, 0.6) is 0 Å². The lowest BCUT2D eigenvalue weighted by molar-refractivity contribution is 0.0263. The van der Waals surface area contributed by atoms with Crippen molar-refractivity contribution in [2.75, 3.05) is 39.2 Å². The van der Waals surface area contributed by atoms with Crippen molar-refractivity contribution >= 4 is 17.7 Å². The number of hydrogen-bond donors (Lipinski definition) is 2. The number of carbonyl (C=O) groups is 1. The molecule has 1 heterocycles. The van der Waals surface area contributed by atoms with Crippen LogP contribution in [0.4, 0.5) is 10.5 Å². The number of rotatable bonds is 5. The van der Waals surface area contributed by atoms with Crippen molar-refractivity contribution in [3.63, 3.8) is 0 Å². The number of methoxy groups -OCH3 is 1. The Kier molecular flexibility index (Phi) is 7.53. The summed E-state index contributed by atoms with van der Waals surface area (Å²) in [7, 11) is 3.15. The van der Waals surface area contributed by atoms with Crippen LogP contribution in [0.3, 0.4) is 0 Å². The summed E-state index contributed by atoms with van der Waals surface area (Å²) in [6, 6.07) is 7.63. The van der Waals surface area contributed by atoms with E-state index < -0.39 is 6.09 Å². The Bertz CT molecular complexity index is 566. The SMILES string of the molecule is CCOC1CCN(C(=NC)NCc2ccc(NC(=O)OC)cc2)CC1. The summed E-state index contributed by atoms with van der Waals surface area (Å²) in [5, 5.41) is 6.03. The molecular formula is C18H28N4O3. The fourth-order valence-electron chi connectivity index (χ4n) is 2.86. The molecule has 1 aromatic rings. The number of nitrogens with zero attached hydrogens (tertiary/aromatic N) is 2. The van der Waals surface area contributed by atoms with Gasteiger partial charge in [-0.2, -0.15) is 0 Å². The highest BCUT2D eigenvalue weighted by Crippen LogP contribution is 2.14. The molecule has 0 radical (unpaired) electrons. The maximum Gasteiger partial charge on any atom is 0.411 e. The second kappa shape index (κ2) is 9.88. The third-order valence-electron chi connectivity index (χ3n) is 4.19. The fourth-order valence-corrected chi connectivity index (χ4v) is 2.86. The maximum absolute atomic E-state index is 11.2. The highest BCUT2D eigenvalue weighted by molar-refractivity contribution is 5.84. The van der Waals surface area contributed by atoms with Crippen LogP contribution in [0.1, 0.15) is 25.3 Å². The second-order valence-electron chi connectivity index (χ2n) is 5.86. The maximum atomic E-state index is 11.2. The molecule has 7 nitrogen and oxygen atoms in total. The number of aliphatic imine (C=N–C) groups is 1. The highest BCUT2D eigenvalue weighted by atomic mass is 16.5. The Morgan fingerprint density at radius 2 is 1.96 bits per heavy atom. The van der Waals surface area contributed by atoms with Crippen molar-refractivity contribution in [3.05, 3.63) is 29.8 Å². The molecule has 7 heteroatoms. The summed E-state index contributed by atoms with van der Waals surface area (Å²) in [5.74, 6) is 0.909. The van der Waals surface area contributed by atoms with E-state index in [0.717, 1.165) is 44.1 Å². The number of likely N-dealkylation sites (tertiary alicyclic amines) is 1. The van der Waals surface area contributed by atoms with Gasteiger partial charge < -0.3 is 19.7 Å². The first-order valence-corrected chi connectivity index (χ1v) is 8.67. The molecule has 1 aromatic carbocycles. The third-order valence-corrected chi connectivity index (χ3v) is 4.19. The van der Waals surface area contributed by atoms with Gasteiger partial charge in [-0.1, -0.05) is 12.1 Å². The van der Waals surface area contributed by atoms with E-state index in [9.17, 15) is 4.79 Å². The number of hydrogen-bond acceptors (Lipinski definition) is 4. The van der Waals surface area contributed by atoms with Crippen LogP contribution < -0.4 is 10.6 Å². The number of ether oxygens (including phenoxy) is 2. The topological polar surface area (TPSA) is 75.2 Å². The zero-order chi connectivity index (χ0) is 18.1. The highest BCUT2D eigenvalue weighted by Gasteiger charge is 2.21. The Morgan fingerprint density at radius 1 is 1.28 bits per heavy atom. The smallest absolute Gasteiger partial charge is 0.411 e. The molecule has 1 amide bonds. The Hall–Kier alpha value is -2.28. The molecule has 25 heavy (non-hydrogen) atoms. The lowest BCUT2D eigenvalue weighted by atomic mass is 10.1. The van der Waals surface area contributed by atoms with Crippen LogP contribution in [0.25, 0.3) is 0 Å². The molecule has 1 fully saturated rings. The van der Waals surface area contributed by atoms with Crippen molar-refractivity contribution in [2.24, 2.45) is 4.99 Å². The molecule has 0 spiro atoms. The molecule has 2 N–H and O–H groups in total. The minimum atomic E-state index is -0.471. The van der Waals surface area contributed by atoms with E-state index in [4.69, 9.17) is 4.74 Å². The fraction of sp³-hybridized carbons (Fsp3) is 0.556. The van der Waals surface area contributed by atoms with Crippen molar-refractivity contribution in [3.8, 4) is 0 Å². The Labute approximate surface area is 149 Å². The first-order valence-electron chi connectivity index (χ1n) is 8.67. The molecule has 1 aliphatic heterocycles. The molecule has 0 aliphatic carbocycles. The first-order chi connectivity index (χ1) is 12.2. The van der Waals surface area contributed by atoms with Gasteiger partial charge in [-0.15, -0.1) is 0 Å². The van der Waals surface area contributed by atoms with E-state index in [1.807, 2.05) is 31.2 Å². The number of amides is 1. The lowest BCUT2D eigenvalue weighted by Crippen LogP contribution is -2.46. The number of carbonyl (C=O) groups excluding carboxylic acids is 1. The predicted octanol–water partition coefficient (Wildman–Crippen LogP) is 2.44. The zero-order valence-electron chi connectivity index (χ0n) is 15.2. The van der Waals surface area contributed by atoms with Gasteiger partial charge in [-0.25, -0.2) is 4.79 Å². The number of nitrogens with one attached hydrogen (secondary N) is 2. The Balaban J connectivity index is 1.82. The predicted molar refractivity (Wildman–Crippen MR) is 98.9 cm³/mol. The number of benzene rings is 1. The number of guanidine groups is 1. The van der Waals surface area contributed by atoms with Gasteiger partial charge in [0.2, 0.25) is 0 Å². The third kappa shape index (κ3) is 5.94. The monoisotopic (exact) mass is 348 g/mol. The molecule has 2 rings (SSSR count). The quantitative estimate of drug-likeness (QED) is 0.631. The summed E-state index contributed by atoms with van der Waals surface area (Å²) >= 11 is 0. The first kappa shape index (κ1) is 19.1. The summed E-state index contributed by atoms with van der Waals surface area (Å²) in [6.45, 7) is 5.40. The van der Waals surface area contributed by atoms with Gasteiger partial charge in [-0.05, 0) is 37.5 Å². The van der Waals surface area contributed by atoms with E-state index in [0.29, 0.717) is 18.3 Å². The van der Waals surface area contributed by atoms with Crippen molar-refractivity contribution in [2.45, 2.75) is 32.4 Å². The summed E-state index contributed by atoms with van der Waals surface area (Å²) in [4.78, 5) is 17.8. The summed E-state index contributed by atoms with van der Waals surface area (Å²) in [5.41, 5.74) is 1.82. The largest absolute Gasteiger partial charge is 0.453 e. The Morgan fingerprint density at radius 3 is 2.52 bits per heavy atom. The van der Waals surface area contributed by atoms with Crippen LogP contribution >= 0.6 is 0 Å². The normalized spacial score (nSPS) is 15.8. The standard InChI is InChI=1S/C18H28N4O3/c1-4-25-16-9-11-22(12-10-16)17(19-2)20-13-14-5-7-15(8-6-14)21-18(23)24-3/h5-8,16H,4,9-13H2,1-3H3,(H,19,20)(H,21,23). The number of piperidine rings is 1. The molecule has 138 valence electrons. The molecule has 1 aliphatic rings. The van der Waals surface area contributed by atoms with Crippen molar-refractivity contribution < 1.29 is 14.3 Å². The van der Waals surface area contributed by atoms with Crippen LogP contribution in [0.2, 0.25) is 0 Å². The van der Waals surface area contributed by atoms with E-state index in [1.165, 1.54) is 7.11 Å². The van der Waals surface area contributed by atoms with E-state index in [2.05, 4.69) is 25.3 Å². The van der Waals surface area contributed by atoms with Gasteiger partial charge in [0.25, 0.3) is 0 Å². The van der Waals surface area contributed by atoms with Crippen molar-refractivity contribution in [1.29, 1.82) is 0 Å². The average Bonchev–Trinajstić information content (AvgIpc) is 2.65. The minimum Gasteiger partial charge on any atom is -0.453 e. The number of anilines is 1. The molecule has 0 atom stereocenters. The van der Waals surface area contributed by atoms with E-state index in [-0.39, 0.29) is 0 Å². The van der Waals surface area contributed by atoms with Crippen LogP contribution in [0.15, 0.2) is 29.3 Å².